The molecule has 0 bridgehead atoms. The Labute approximate surface area is 130 Å². The number of nitriles is 1. The molecular weight excluding hydrogens is 300 g/mol. The predicted molar refractivity (Wildman–Crippen MR) is 85.5 cm³/mol. The minimum absolute atomic E-state index is 0.574. The minimum atomic E-state index is -0.574. The van der Waals surface area contributed by atoms with Crippen molar-refractivity contribution in [3.8, 4) is 6.07 Å². The quantitative estimate of drug-likeness (QED) is 0.780. The van der Waals surface area contributed by atoms with Gasteiger partial charge in [-0.05, 0) is 36.8 Å². The molecule has 1 aromatic heterocycles. The average Bonchev–Trinajstić information content (AvgIpc) is 2.89. The van der Waals surface area contributed by atoms with Crippen molar-refractivity contribution in [2.45, 2.75) is 22.3 Å². The van der Waals surface area contributed by atoms with Crippen molar-refractivity contribution in [1.29, 1.82) is 5.26 Å². The first-order valence-electron chi connectivity index (χ1n) is 6.43. The summed E-state index contributed by atoms with van der Waals surface area (Å²) in [5.74, 6) is 0. The number of benzene rings is 2. The van der Waals surface area contributed by atoms with Crippen LogP contribution in [0.25, 0.3) is 10.2 Å². The van der Waals surface area contributed by atoms with E-state index < -0.39 is 6.10 Å². The Morgan fingerprint density at radius 3 is 2.81 bits per heavy atom. The average molecular weight is 312 g/mol. The number of nitrogens with zero attached hydrogens (tertiary/aromatic N) is 2. The zero-order valence-electron chi connectivity index (χ0n) is 11.3. The molecule has 1 heterocycles. The molecule has 1 atom stereocenters. The van der Waals surface area contributed by atoms with Crippen LogP contribution >= 0.6 is 23.1 Å². The van der Waals surface area contributed by atoms with Gasteiger partial charge in [0.15, 0.2) is 4.34 Å². The fourth-order valence-electron chi connectivity index (χ4n) is 2.03. The molecule has 0 spiro atoms. The lowest BCUT2D eigenvalue weighted by Gasteiger charge is -2.10. The number of para-hydroxylation sites is 1. The molecule has 0 saturated heterocycles. The van der Waals surface area contributed by atoms with Crippen LogP contribution in [0, 0.1) is 11.3 Å². The van der Waals surface area contributed by atoms with Gasteiger partial charge in [-0.1, -0.05) is 30.0 Å². The van der Waals surface area contributed by atoms with Crippen LogP contribution in [0.15, 0.2) is 51.7 Å². The monoisotopic (exact) mass is 312 g/mol. The van der Waals surface area contributed by atoms with Crippen molar-refractivity contribution in [3.63, 3.8) is 0 Å². The molecule has 3 aromatic rings. The smallest absolute Gasteiger partial charge is 0.155 e. The highest BCUT2D eigenvalue weighted by Crippen LogP contribution is 2.37. The summed E-state index contributed by atoms with van der Waals surface area (Å²) in [6, 6.07) is 15.5. The second kappa shape index (κ2) is 5.86. The lowest BCUT2D eigenvalue weighted by molar-refractivity contribution is 0.196. The van der Waals surface area contributed by atoms with Crippen LogP contribution in [0.5, 0.6) is 0 Å². The van der Waals surface area contributed by atoms with E-state index in [0.717, 1.165) is 25.0 Å². The van der Waals surface area contributed by atoms with E-state index in [1.165, 1.54) is 11.8 Å². The molecule has 0 aliphatic rings. The number of hydrogen-bond donors (Lipinski definition) is 1. The molecule has 0 radical (unpaired) electrons. The molecule has 0 aliphatic heterocycles. The third-order valence-corrected chi connectivity index (χ3v) is 5.23. The highest BCUT2D eigenvalue weighted by Gasteiger charge is 2.13. The zero-order valence-corrected chi connectivity index (χ0v) is 12.9. The van der Waals surface area contributed by atoms with Crippen LogP contribution in [0.4, 0.5) is 0 Å². The molecular formula is C16H12N2OS2. The largest absolute Gasteiger partial charge is 0.389 e. The van der Waals surface area contributed by atoms with E-state index in [-0.39, 0.29) is 0 Å². The molecule has 104 valence electrons. The van der Waals surface area contributed by atoms with Crippen molar-refractivity contribution < 1.29 is 5.11 Å². The highest BCUT2D eigenvalue weighted by molar-refractivity contribution is 8.01. The van der Waals surface area contributed by atoms with Gasteiger partial charge in [0.25, 0.3) is 0 Å². The molecule has 1 N–H and O–H groups in total. The van der Waals surface area contributed by atoms with Crippen LogP contribution < -0.4 is 0 Å². The molecule has 1 unspecified atom stereocenters. The van der Waals surface area contributed by atoms with Gasteiger partial charge in [0, 0.05) is 4.90 Å². The Morgan fingerprint density at radius 2 is 2.10 bits per heavy atom. The standard InChI is InChI=1S/C16H12N2OS2/c1-10(19)12-7-6-11(9-17)8-15(12)21-16-18-13-4-2-3-5-14(13)20-16/h2-8,10,19H,1H3. The summed E-state index contributed by atoms with van der Waals surface area (Å²) in [5.41, 5.74) is 2.38. The number of aliphatic hydroxyl groups excluding tert-OH is 1. The summed E-state index contributed by atoms with van der Waals surface area (Å²) >= 11 is 3.11. The van der Waals surface area contributed by atoms with E-state index in [2.05, 4.69) is 11.1 Å². The van der Waals surface area contributed by atoms with Crippen LogP contribution in [0.1, 0.15) is 24.2 Å². The summed E-state index contributed by atoms with van der Waals surface area (Å²) in [7, 11) is 0. The summed E-state index contributed by atoms with van der Waals surface area (Å²) < 4.78 is 2.04. The first-order chi connectivity index (χ1) is 10.2. The summed E-state index contributed by atoms with van der Waals surface area (Å²) in [6.45, 7) is 1.73. The van der Waals surface area contributed by atoms with Crippen LogP contribution in [0.2, 0.25) is 0 Å². The number of fused-ring (bicyclic) bond motifs is 1. The first kappa shape index (κ1) is 14.1. The summed E-state index contributed by atoms with van der Waals surface area (Å²) in [6.07, 6.45) is -0.574. The maximum Gasteiger partial charge on any atom is 0.155 e. The van der Waals surface area contributed by atoms with Crippen molar-refractivity contribution in [2.75, 3.05) is 0 Å². The van der Waals surface area contributed by atoms with E-state index in [0.29, 0.717) is 5.56 Å². The van der Waals surface area contributed by atoms with Crippen molar-refractivity contribution in [2.24, 2.45) is 0 Å². The molecule has 3 rings (SSSR count). The zero-order chi connectivity index (χ0) is 14.8. The molecule has 2 aromatic carbocycles. The van der Waals surface area contributed by atoms with Crippen LogP contribution in [-0.4, -0.2) is 10.1 Å². The minimum Gasteiger partial charge on any atom is -0.389 e. The second-order valence-corrected chi connectivity index (χ2v) is 6.91. The molecule has 5 heteroatoms. The maximum absolute atomic E-state index is 9.87. The number of hydrogen-bond acceptors (Lipinski definition) is 5. The predicted octanol–water partition coefficient (Wildman–Crippen LogP) is 4.37. The van der Waals surface area contributed by atoms with Gasteiger partial charge in [-0.3, -0.25) is 0 Å². The molecule has 21 heavy (non-hydrogen) atoms. The molecule has 0 fully saturated rings. The highest BCUT2D eigenvalue weighted by atomic mass is 32.2. The van der Waals surface area contributed by atoms with Crippen LogP contribution in [0.3, 0.4) is 0 Å². The fraction of sp³-hybridized carbons (Fsp3) is 0.125. The van der Waals surface area contributed by atoms with Crippen molar-refractivity contribution in [3.05, 3.63) is 53.6 Å². The van der Waals surface area contributed by atoms with Gasteiger partial charge in [-0.25, -0.2) is 4.98 Å². The third-order valence-electron chi connectivity index (χ3n) is 3.06. The van der Waals surface area contributed by atoms with Gasteiger partial charge >= 0.3 is 0 Å². The Bertz CT molecular complexity index is 801. The van der Waals surface area contributed by atoms with Gasteiger partial charge in [-0.2, -0.15) is 5.26 Å². The Kier molecular flexibility index (Phi) is 3.93. The Hall–Kier alpha value is -1.87. The number of aromatic nitrogens is 1. The van der Waals surface area contributed by atoms with Gasteiger partial charge < -0.3 is 5.11 Å². The SMILES string of the molecule is CC(O)c1ccc(C#N)cc1Sc1nc2ccccc2s1. The van der Waals surface area contributed by atoms with E-state index >= 15 is 0 Å². The van der Waals surface area contributed by atoms with Crippen LogP contribution in [-0.2, 0) is 0 Å². The van der Waals surface area contributed by atoms with E-state index in [1.54, 1.807) is 36.5 Å². The normalized spacial score (nSPS) is 12.2. The third kappa shape index (κ3) is 2.93. The van der Waals surface area contributed by atoms with Crippen molar-refractivity contribution in [1.82, 2.24) is 4.98 Å². The van der Waals surface area contributed by atoms with E-state index in [9.17, 15) is 5.11 Å². The topological polar surface area (TPSA) is 56.9 Å². The van der Waals surface area contributed by atoms with Gasteiger partial charge in [0.1, 0.15) is 0 Å². The fourth-order valence-corrected chi connectivity index (χ4v) is 4.30. The Morgan fingerprint density at radius 1 is 1.29 bits per heavy atom. The summed E-state index contributed by atoms with van der Waals surface area (Å²) in [4.78, 5) is 5.46. The van der Waals surface area contributed by atoms with Gasteiger partial charge in [-0.15, -0.1) is 11.3 Å². The number of aliphatic hydroxyl groups is 1. The van der Waals surface area contributed by atoms with Crippen molar-refractivity contribution >= 4 is 33.3 Å². The van der Waals surface area contributed by atoms with E-state index in [1.807, 2.05) is 24.3 Å². The van der Waals surface area contributed by atoms with Gasteiger partial charge in [0.2, 0.25) is 0 Å². The Balaban J connectivity index is 2.01. The maximum atomic E-state index is 9.87. The second-order valence-electron chi connectivity index (χ2n) is 4.59. The molecule has 0 saturated carbocycles. The molecule has 0 aliphatic carbocycles. The summed E-state index contributed by atoms with van der Waals surface area (Å²) in [5, 5.41) is 18.9. The van der Waals surface area contributed by atoms with Gasteiger partial charge in [0.05, 0.1) is 28.0 Å². The molecule has 0 amide bonds. The lowest BCUT2D eigenvalue weighted by atomic mass is 10.1. The number of rotatable bonds is 3. The molecule has 3 nitrogen and oxygen atoms in total. The first-order valence-corrected chi connectivity index (χ1v) is 8.06. The lowest BCUT2D eigenvalue weighted by Crippen LogP contribution is -1.94. The number of thiazole rings is 1. The van der Waals surface area contributed by atoms with E-state index in [4.69, 9.17) is 5.26 Å².